The molecule has 0 aliphatic rings. The molecule has 0 unspecified atom stereocenters. The van der Waals surface area contributed by atoms with E-state index >= 15 is 0 Å². The molecule has 0 bridgehead atoms. The molecule has 13 heavy (non-hydrogen) atoms. The summed E-state index contributed by atoms with van der Waals surface area (Å²) >= 11 is 16.8. The molecule has 1 aromatic carbocycles. The molecule has 0 atom stereocenters. The van der Waals surface area contributed by atoms with Gasteiger partial charge in [-0.25, -0.2) is 4.79 Å². The maximum absolute atomic E-state index is 10.5. The van der Waals surface area contributed by atoms with Crippen molar-refractivity contribution in [2.24, 2.45) is 0 Å². The summed E-state index contributed by atoms with van der Waals surface area (Å²) in [6.07, 6.45) is 0. The summed E-state index contributed by atoms with van der Waals surface area (Å²) in [5, 5.41) is 8.87. The monoisotopic (exact) mass is 264 g/mol. The van der Waals surface area contributed by atoms with E-state index in [1.807, 2.05) is 0 Å². The normalized spacial score (nSPS) is 9.15. The van der Waals surface area contributed by atoms with Gasteiger partial charge >= 0.3 is 57.4 Å². The Labute approximate surface area is 134 Å². The van der Waals surface area contributed by atoms with Crippen LogP contribution in [0.15, 0.2) is 12.1 Å². The number of hydrogen-bond donors (Lipinski definition) is 1. The van der Waals surface area contributed by atoms with Gasteiger partial charge < -0.3 is 6.53 Å². The van der Waals surface area contributed by atoms with Crippen molar-refractivity contribution in [2.75, 3.05) is 0 Å². The smallest absolute Gasteiger partial charge is 1.00 e. The third-order valence-corrected chi connectivity index (χ3v) is 2.56. The number of carboxylic acids is 1. The molecule has 0 saturated heterocycles. The molecule has 0 fully saturated rings. The number of benzene rings is 1. The number of carbonyl (C=O) groups is 1. The van der Waals surface area contributed by atoms with Gasteiger partial charge in [0.25, 0.3) is 0 Å². The summed E-state index contributed by atoms with van der Waals surface area (Å²) in [5.74, 6) is -1.13. The Morgan fingerprint density at radius 1 is 1.23 bits per heavy atom. The van der Waals surface area contributed by atoms with E-state index in [4.69, 9.17) is 39.9 Å². The van der Waals surface area contributed by atoms with Crippen LogP contribution >= 0.6 is 34.8 Å². The van der Waals surface area contributed by atoms with Crippen LogP contribution < -0.4 is 51.4 Å². The summed E-state index contributed by atoms with van der Waals surface area (Å²) in [5.41, 5.74) is -0.0499. The minimum Gasteiger partial charge on any atom is -1.00 e. The summed E-state index contributed by atoms with van der Waals surface area (Å²) in [6, 6.07) is 2.69. The van der Waals surface area contributed by atoms with Gasteiger partial charge in [-0.05, 0) is 12.1 Å². The van der Waals surface area contributed by atoms with Crippen molar-refractivity contribution in [3.8, 4) is 0 Å². The van der Waals surface area contributed by atoms with Gasteiger partial charge in [0.15, 0.2) is 0 Å². The molecule has 6 heteroatoms. The Kier molecular flexibility index (Phi) is 6.47. The summed E-state index contributed by atoms with van der Waals surface area (Å²) in [4.78, 5) is 10.5. The molecule has 0 saturated carbocycles. The average molecular weight is 266 g/mol. The van der Waals surface area contributed by atoms with E-state index in [-0.39, 0.29) is 73.4 Å². The van der Waals surface area contributed by atoms with Crippen molar-refractivity contribution in [1.82, 2.24) is 0 Å². The van der Waals surface area contributed by atoms with Crippen LogP contribution in [0.4, 0.5) is 0 Å². The van der Waals surface area contributed by atoms with Gasteiger partial charge in [0.2, 0.25) is 0 Å². The average Bonchev–Trinajstić information content (AvgIpc) is 2.00. The fraction of sp³-hybridized carbons (Fsp3) is 0. The van der Waals surface area contributed by atoms with Crippen LogP contribution in [0.3, 0.4) is 0 Å². The van der Waals surface area contributed by atoms with Crippen molar-refractivity contribution < 1.29 is 62.7 Å². The van der Waals surface area contributed by atoms with Gasteiger partial charge in [0.05, 0.1) is 20.6 Å². The molecule has 0 spiro atoms. The van der Waals surface area contributed by atoms with Crippen molar-refractivity contribution in [3.05, 3.63) is 32.8 Å². The van der Waals surface area contributed by atoms with E-state index < -0.39 is 5.97 Å². The number of hydrogen-bond acceptors (Lipinski definition) is 1. The molecule has 0 aliphatic carbocycles. The first-order chi connectivity index (χ1) is 5.54. The van der Waals surface area contributed by atoms with E-state index in [0.717, 1.165) is 0 Å². The van der Waals surface area contributed by atoms with Crippen LogP contribution in [0, 0.1) is 0 Å². The molecular weight excluding hydrogens is 262 g/mol. The number of carboxylic acid groups (broad SMARTS) is 1. The maximum Gasteiger partial charge on any atom is 1.00 e. The van der Waals surface area contributed by atoms with Crippen LogP contribution in [0.25, 0.3) is 0 Å². The molecule has 0 aliphatic heterocycles. The predicted octanol–water partition coefficient (Wildman–Crippen LogP) is 0.461. The Morgan fingerprint density at radius 3 is 2.23 bits per heavy atom. The van der Waals surface area contributed by atoms with Gasteiger partial charge in [-0.1, -0.05) is 34.8 Å². The van der Waals surface area contributed by atoms with Gasteiger partial charge in [0.1, 0.15) is 0 Å². The van der Waals surface area contributed by atoms with Crippen LogP contribution in [0.5, 0.6) is 0 Å². The first-order valence-electron chi connectivity index (χ1n) is 2.91. The molecule has 0 heterocycles. The van der Waals surface area contributed by atoms with Crippen LogP contribution in [0.2, 0.25) is 15.1 Å². The van der Waals surface area contributed by atoms with Crippen LogP contribution in [-0.4, -0.2) is 11.1 Å². The predicted molar refractivity (Wildman–Crippen MR) is 49.5 cm³/mol. The third-order valence-electron chi connectivity index (χ3n) is 1.27. The van der Waals surface area contributed by atoms with Crippen LogP contribution in [0.1, 0.15) is 11.8 Å². The Morgan fingerprint density at radius 2 is 1.77 bits per heavy atom. The second-order valence-electron chi connectivity index (χ2n) is 2.03. The van der Waals surface area contributed by atoms with Gasteiger partial charge in [0, 0.05) is 0 Å². The summed E-state index contributed by atoms with van der Waals surface area (Å²) in [7, 11) is 0. The largest absolute Gasteiger partial charge is 1.00 e. The van der Waals surface area contributed by atoms with Gasteiger partial charge in [-0.3, -0.25) is 0 Å². The second-order valence-corrected chi connectivity index (χ2v) is 3.19. The quantitative estimate of drug-likeness (QED) is 0.592. The standard InChI is InChI=1S/C7H3Cl3O2.K.H/c8-4-2-1-3(7(11)12)5(9)6(4)10;;/h1-2H,(H,11,12);;/q;+1;-1. The van der Waals surface area contributed by atoms with Crippen molar-refractivity contribution in [3.63, 3.8) is 0 Å². The molecule has 66 valence electrons. The Bertz CT molecular complexity index is 346. The summed E-state index contributed by atoms with van der Waals surface area (Å²) in [6.45, 7) is 0. The fourth-order valence-electron chi connectivity index (χ4n) is 0.691. The van der Waals surface area contributed by atoms with Gasteiger partial charge in [-0.15, -0.1) is 0 Å². The zero-order valence-corrected chi connectivity index (χ0v) is 12.0. The van der Waals surface area contributed by atoms with Crippen molar-refractivity contribution in [1.29, 1.82) is 0 Å². The number of halogens is 3. The molecular formula is C7H4Cl3KO2. The molecule has 0 aromatic heterocycles. The second kappa shape index (κ2) is 5.93. The third kappa shape index (κ3) is 3.36. The summed E-state index contributed by atoms with van der Waals surface area (Å²) < 4.78 is 0. The minimum atomic E-state index is -1.13. The minimum absolute atomic E-state index is 0. The molecule has 1 rings (SSSR count). The van der Waals surface area contributed by atoms with E-state index in [9.17, 15) is 4.79 Å². The van der Waals surface area contributed by atoms with E-state index in [2.05, 4.69) is 0 Å². The Balaban J connectivity index is 0. The molecule has 2 nitrogen and oxygen atoms in total. The van der Waals surface area contributed by atoms with Crippen LogP contribution in [-0.2, 0) is 0 Å². The SMILES string of the molecule is O=C(O)c1ccc(Cl)c(Cl)c1Cl.[H-].[K+]. The zero-order chi connectivity index (χ0) is 9.30. The molecule has 1 aromatic rings. The maximum atomic E-state index is 10.5. The van der Waals surface area contributed by atoms with Crippen molar-refractivity contribution in [2.45, 2.75) is 0 Å². The Hall–Kier alpha value is 1.20. The first-order valence-corrected chi connectivity index (χ1v) is 4.04. The molecule has 0 amide bonds. The fourth-order valence-corrected chi connectivity index (χ4v) is 1.31. The van der Waals surface area contributed by atoms with E-state index in [0.29, 0.717) is 0 Å². The molecule has 0 radical (unpaired) electrons. The molecule has 1 N–H and O–H groups in total. The number of aromatic carboxylic acids is 1. The first kappa shape index (κ1) is 14.2. The van der Waals surface area contributed by atoms with Gasteiger partial charge in [-0.2, -0.15) is 0 Å². The van der Waals surface area contributed by atoms with E-state index in [1.54, 1.807) is 0 Å². The van der Waals surface area contributed by atoms with Crippen molar-refractivity contribution >= 4 is 40.8 Å². The van der Waals surface area contributed by atoms with E-state index in [1.165, 1.54) is 12.1 Å². The zero-order valence-electron chi connectivity index (χ0n) is 7.64. The number of rotatable bonds is 1. The topological polar surface area (TPSA) is 37.3 Å².